The van der Waals surface area contributed by atoms with E-state index in [2.05, 4.69) is 14.9 Å². The van der Waals surface area contributed by atoms with Crippen molar-refractivity contribution in [1.29, 1.82) is 0 Å². The zero-order valence-electron chi connectivity index (χ0n) is 14.7. The van der Waals surface area contributed by atoms with E-state index in [9.17, 15) is 9.59 Å². The molecule has 4 aromatic rings. The van der Waals surface area contributed by atoms with Crippen LogP contribution in [0.3, 0.4) is 0 Å². The molecule has 136 valence electrons. The van der Waals surface area contributed by atoms with Crippen LogP contribution in [0.5, 0.6) is 0 Å². The van der Waals surface area contributed by atoms with Crippen molar-refractivity contribution in [3.63, 3.8) is 0 Å². The number of hydrogen-bond donors (Lipinski definition) is 0. The van der Waals surface area contributed by atoms with Crippen molar-refractivity contribution in [1.82, 2.24) is 19.6 Å². The molecule has 3 heterocycles. The van der Waals surface area contributed by atoms with Crippen LogP contribution in [0.25, 0.3) is 16.6 Å². The number of carbonyl (C=O) groups is 1. The molecule has 0 unspecified atom stereocenters. The summed E-state index contributed by atoms with van der Waals surface area (Å²) >= 11 is 0. The van der Waals surface area contributed by atoms with Gasteiger partial charge in [0.1, 0.15) is 17.8 Å². The Morgan fingerprint density at radius 2 is 1.96 bits per heavy atom. The maximum Gasteiger partial charge on any atom is 0.373 e. The number of aryl methyl sites for hydroxylation is 1. The third-order valence-corrected chi connectivity index (χ3v) is 4.22. The van der Waals surface area contributed by atoms with Crippen LogP contribution in [0, 0.1) is 6.92 Å². The number of nitrogens with zero attached hydrogens (tertiary/aromatic N) is 4. The number of rotatable bonds is 4. The van der Waals surface area contributed by atoms with E-state index in [1.165, 1.54) is 17.9 Å². The van der Waals surface area contributed by atoms with Crippen LogP contribution < -0.4 is 5.56 Å². The zero-order chi connectivity index (χ0) is 19.0. The average Bonchev–Trinajstić information content (AvgIpc) is 3.33. The van der Waals surface area contributed by atoms with Gasteiger partial charge in [-0.2, -0.15) is 10.2 Å². The summed E-state index contributed by atoms with van der Waals surface area (Å²) in [6.45, 7) is 1.91. The molecule has 0 atom stereocenters. The third-order valence-electron chi connectivity index (χ3n) is 4.22. The molecule has 0 radical (unpaired) electrons. The lowest BCUT2D eigenvalue weighted by Gasteiger charge is -2.07. The van der Waals surface area contributed by atoms with E-state index in [0.29, 0.717) is 22.4 Å². The Bertz CT molecular complexity index is 1190. The minimum atomic E-state index is -0.574. The number of hydrogen-bond acceptors (Lipinski definition) is 6. The van der Waals surface area contributed by atoms with Gasteiger partial charge in [-0.25, -0.2) is 14.2 Å². The van der Waals surface area contributed by atoms with Crippen LogP contribution >= 0.6 is 0 Å². The summed E-state index contributed by atoms with van der Waals surface area (Å²) in [5.74, 6) is -0.0717. The highest BCUT2D eigenvalue weighted by atomic mass is 16.5. The second kappa shape index (κ2) is 6.56. The van der Waals surface area contributed by atoms with Crippen LogP contribution in [0.15, 0.2) is 57.9 Å². The van der Waals surface area contributed by atoms with Gasteiger partial charge in [0.25, 0.3) is 5.56 Å². The molecule has 0 aliphatic heterocycles. The predicted molar refractivity (Wildman–Crippen MR) is 97.0 cm³/mol. The third kappa shape index (κ3) is 2.91. The fraction of sp³-hybridized carbons (Fsp3) is 0.158. The molecule has 0 aliphatic carbocycles. The van der Waals surface area contributed by atoms with Crippen LogP contribution in [-0.4, -0.2) is 32.6 Å². The summed E-state index contributed by atoms with van der Waals surface area (Å²) in [5, 5.41) is 9.39. The molecular weight excluding hydrogens is 348 g/mol. The summed E-state index contributed by atoms with van der Waals surface area (Å²) < 4.78 is 13.0. The second-order valence-electron chi connectivity index (χ2n) is 5.96. The first-order valence-electron chi connectivity index (χ1n) is 8.26. The normalized spacial score (nSPS) is 11.0. The average molecular weight is 364 g/mol. The number of ether oxygens (including phenoxy) is 1. The topological polar surface area (TPSA) is 92.2 Å². The van der Waals surface area contributed by atoms with Gasteiger partial charge in [-0.1, -0.05) is 18.2 Å². The second-order valence-corrected chi connectivity index (χ2v) is 5.96. The van der Waals surface area contributed by atoms with E-state index >= 15 is 0 Å². The summed E-state index contributed by atoms with van der Waals surface area (Å²) in [6.07, 6.45) is 1.64. The Kier molecular flexibility index (Phi) is 4.08. The number of esters is 1. The van der Waals surface area contributed by atoms with Gasteiger partial charge in [0.05, 0.1) is 24.7 Å². The van der Waals surface area contributed by atoms with Crippen molar-refractivity contribution in [3.8, 4) is 5.69 Å². The quantitative estimate of drug-likeness (QED) is 0.516. The molecule has 0 bridgehead atoms. The summed E-state index contributed by atoms with van der Waals surface area (Å²) in [4.78, 5) is 24.6. The van der Waals surface area contributed by atoms with Gasteiger partial charge in [-0.3, -0.25) is 4.79 Å². The molecule has 0 saturated carbocycles. The number of para-hydroxylation sites is 1. The molecule has 0 N–H and O–H groups in total. The fourth-order valence-corrected chi connectivity index (χ4v) is 2.91. The molecule has 8 heteroatoms. The highest BCUT2D eigenvalue weighted by Gasteiger charge is 2.17. The Morgan fingerprint density at radius 3 is 2.70 bits per heavy atom. The van der Waals surface area contributed by atoms with E-state index < -0.39 is 5.97 Å². The van der Waals surface area contributed by atoms with Gasteiger partial charge < -0.3 is 9.15 Å². The first kappa shape index (κ1) is 16.8. The van der Waals surface area contributed by atoms with Gasteiger partial charge in [-0.15, -0.1) is 0 Å². The van der Waals surface area contributed by atoms with Crippen molar-refractivity contribution < 1.29 is 13.9 Å². The molecule has 0 fully saturated rings. The van der Waals surface area contributed by atoms with Gasteiger partial charge in [0.15, 0.2) is 0 Å². The van der Waals surface area contributed by atoms with E-state index in [0.717, 1.165) is 5.69 Å². The number of aromatic nitrogens is 4. The van der Waals surface area contributed by atoms with Crippen molar-refractivity contribution in [2.24, 2.45) is 0 Å². The smallest absolute Gasteiger partial charge is 0.373 e. The molecule has 8 nitrogen and oxygen atoms in total. The zero-order valence-corrected chi connectivity index (χ0v) is 14.7. The Morgan fingerprint density at radius 1 is 1.19 bits per heavy atom. The molecular formula is C19H16N4O4. The first-order valence-corrected chi connectivity index (χ1v) is 8.26. The number of furan rings is 1. The molecule has 4 rings (SSSR count). The molecule has 27 heavy (non-hydrogen) atoms. The van der Waals surface area contributed by atoms with E-state index in [4.69, 9.17) is 4.42 Å². The number of benzene rings is 1. The van der Waals surface area contributed by atoms with Crippen molar-refractivity contribution in [2.45, 2.75) is 13.5 Å². The van der Waals surface area contributed by atoms with E-state index in [-0.39, 0.29) is 17.9 Å². The summed E-state index contributed by atoms with van der Waals surface area (Å²) in [7, 11) is 1.28. The highest BCUT2D eigenvalue weighted by Crippen LogP contribution is 2.17. The van der Waals surface area contributed by atoms with Gasteiger partial charge in [0, 0.05) is 5.39 Å². The first-order chi connectivity index (χ1) is 13.1. The minimum absolute atomic E-state index is 0.0766. The van der Waals surface area contributed by atoms with Gasteiger partial charge >= 0.3 is 5.97 Å². The molecule has 0 amide bonds. The van der Waals surface area contributed by atoms with Crippen molar-refractivity contribution >= 4 is 16.9 Å². The van der Waals surface area contributed by atoms with Gasteiger partial charge in [-0.05, 0) is 31.2 Å². The maximum atomic E-state index is 13.0. The van der Waals surface area contributed by atoms with Crippen LogP contribution in [0.1, 0.15) is 22.0 Å². The predicted octanol–water partition coefficient (Wildman–Crippen LogP) is 2.32. The molecule has 0 aliphatic rings. The van der Waals surface area contributed by atoms with Crippen LogP contribution in [-0.2, 0) is 11.3 Å². The summed E-state index contributed by atoms with van der Waals surface area (Å²) in [6, 6.07) is 12.5. The lowest BCUT2D eigenvalue weighted by atomic mass is 10.2. The Hall–Kier alpha value is -3.68. The van der Waals surface area contributed by atoms with Crippen LogP contribution in [0.4, 0.5) is 0 Å². The number of methoxy groups -OCH3 is 1. The number of carbonyl (C=O) groups excluding carboxylic acids is 1. The summed E-state index contributed by atoms with van der Waals surface area (Å²) in [5.41, 5.74) is 1.60. The largest absolute Gasteiger partial charge is 0.463 e. The van der Waals surface area contributed by atoms with Crippen molar-refractivity contribution in [3.05, 3.63) is 76.2 Å². The Labute approximate surface area is 153 Å². The lowest BCUT2D eigenvalue weighted by molar-refractivity contribution is 0.0562. The maximum absolute atomic E-state index is 13.0. The number of fused-ring (bicyclic) bond motifs is 1. The van der Waals surface area contributed by atoms with Gasteiger partial charge in [0.2, 0.25) is 5.76 Å². The SMILES string of the molecule is COC(=O)c1ccc(Cn2nc(C)c3cnn(-c4ccccc4)c3c2=O)o1. The monoisotopic (exact) mass is 364 g/mol. The lowest BCUT2D eigenvalue weighted by Crippen LogP contribution is -2.26. The molecule has 1 aromatic carbocycles. The van der Waals surface area contributed by atoms with E-state index in [1.807, 2.05) is 37.3 Å². The van der Waals surface area contributed by atoms with Crippen LogP contribution in [0.2, 0.25) is 0 Å². The molecule has 0 saturated heterocycles. The standard InChI is InChI=1S/C19H16N4O4/c1-12-15-10-20-23(13-6-4-3-5-7-13)17(15)18(24)22(21-12)11-14-8-9-16(27-14)19(25)26-2/h3-10H,11H2,1-2H3. The minimum Gasteiger partial charge on any atom is -0.463 e. The highest BCUT2D eigenvalue weighted by molar-refractivity contribution is 5.86. The van der Waals surface area contributed by atoms with Crippen molar-refractivity contribution in [2.75, 3.05) is 7.11 Å². The Balaban J connectivity index is 1.80. The fourth-order valence-electron chi connectivity index (χ4n) is 2.91. The van der Waals surface area contributed by atoms with E-state index in [1.54, 1.807) is 16.9 Å². The molecule has 3 aromatic heterocycles. The molecule has 0 spiro atoms.